The first kappa shape index (κ1) is 18.8. The third kappa shape index (κ3) is 5.04. The zero-order chi connectivity index (χ0) is 19.2. The van der Waals surface area contributed by atoms with Crippen LogP contribution >= 0.6 is 15.9 Å². The summed E-state index contributed by atoms with van der Waals surface area (Å²) in [5.41, 5.74) is 1.39. The Bertz CT molecular complexity index is 940. The van der Waals surface area contributed by atoms with Gasteiger partial charge in [-0.1, -0.05) is 47.6 Å². The van der Waals surface area contributed by atoms with Gasteiger partial charge in [0.2, 0.25) is 5.91 Å². The van der Waals surface area contributed by atoms with E-state index in [2.05, 4.69) is 31.7 Å². The fraction of sp³-hybridized carbons (Fsp3) is 0.150. The monoisotopic (exact) mass is 427 g/mol. The molecule has 2 N–H and O–H groups in total. The zero-order valence-corrected chi connectivity index (χ0v) is 16.2. The molecule has 6 nitrogen and oxygen atoms in total. The summed E-state index contributed by atoms with van der Waals surface area (Å²) in [6.45, 7) is 1.73. The van der Waals surface area contributed by atoms with Gasteiger partial charge in [-0.3, -0.25) is 9.59 Å². The first-order valence-corrected chi connectivity index (χ1v) is 9.16. The van der Waals surface area contributed by atoms with Gasteiger partial charge in [0, 0.05) is 17.0 Å². The molecule has 1 aromatic heterocycles. The number of carbonyl (C=O) groups is 2. The van der Waals surface area contributed by atoms with Crippen molar-refractivity contribution >= 4 is 33.6 Å². The van der Waals surface area contributed by atoms with E-state index in [1.54, 1.807) is 31.2 Å². The molecular formula is C20H18BrN3O3. The summed E-state index contributed by atoms with van der Waals surface area (Å²) in [5.74, 6) is 0.190. The van der Waals surface area contributed by atoms with Crippen molar-refractivity contribution in [2.45, 2.75) is 19.4 Å². The molecule has 1 heterocycles. The standard InChI is InChI=1S/C20H18BrN3O3/c1-13-11-18(24-27-13)23-20(26)17(12-14-7-3-2-4-8-14)22-19(25)15-9-5-6-10-16(15)21/h2-11,17H,12H2,1H3,(H,22,25)(H,23,24,26). The second-order valence-corrected chi connectivity index (χ2v) is 6.86. The summed E-state index contributed by atoms with van der Waals surface area (Å²) < 4.78 is 5.63. The number of aromatic nitrogens is 1. The molecule has 3 rings (SSSR count). The van der Waals surface area contributed by atoms with Gasteiger partial charge >= 0.3 is 0 Å². The molecule has 0 radical (unpaired) electrons. The topological polar surface area (TPSA) is 84.2 Å². The first-order valence-electron chi connectivity index (χ1n) is 8.36. The highest BCUT2D eigenvalue weighted by molar-refractivity contribution is 9.10. The van der Waals surface area contributed by atoms with Crippen molar-refractivity contribution in [2.75, 3.05) is 5.32 Å². The van der Waals surface area contributed by atoms with Gasteiger partial charge in [0.25, 0.3) is 5.91 Å². The summed E-state index contributed by atoms with van der Waals surface area (Å²) in [4.78, 5) is 25.4. The van der Waals surface area contributed by atoms with Crippen LogP contribution in [0.3, 0.4) is 0 Å². The third-order valence-corrected chi connectivity index (χ3v) is 4.59. The molecule has 1 unspecified atom stereocenters. The van der Waals surface area contributed by atoms with Crippen LogP contribution in [0.1, 0.15) is 21.7 Å². The Labute approximate surface area is 165 Å². The minimum absolute atomic E-state index is 0.311. The largest absolute Gasteiger partial charge is 0.360 e. The molecule has 138 valence electrons. The maximum Gasteiger partial charge on any atom is 0.253 e. The van der Waals surface area contributed by atoms with E-state index in [1.807, 2.05) is 36.4 Å². The number of anilines is 1. The van der Waals surface area contributed by atoms with Crippen LogP contribution in [-0.4, -0.2) is 23.0 Å². The van der Waals surface area contributed by atoms with Crippen molar-refractivity contribution in [1.82, 2.24) is 10.5 Å². The van der Waals surface area contributed by atoms with Gasteiger partial charge < -0.3 is 15.2 Å². The number of nitrogens with one attached hydrogen (secondary N) is 2. The number of nitrogens with zero attached hydrogens (tertiary/aromatic N) is 1. The van der Waals surface area contributed by atoms with E-state index in [1.165, 1.54) is 0 Å². The van der Waals surface area contributed by atoms with Gasteiger partial charge in [-0.15, -0.1) is 0 Å². The van der Waals surface area contributed by atoms with Crippen molar-refractivity contribution in [3.05, 3.63) is 82.0 Å². The Morgan fingerprint density at radius 1 is 1.11 bits per heavy atom. The second kappa shape index (κ2) is 8.64. The lowest BCUT2D eigenvalue weighted by Gasteiger charge is -2.18. The molecule has 0 aliphatic heterocycles. The molecule has 0 bridgehead atoms. The average Bonchev–Trinajstić information content (AvgIpc) is 3.07. The van der Waals surface area contributed by atoms with Crippen molar-refractivity contribution in [1.29, 1.82) is 0 Å². The predicted molar refractivity (Wildman–Crippen MR) is 105 cm³/mol. The van der Waals surface area contributed by atoms with Crippen LogP contribution in [0.4, 0.5) is 5.82 Å². The van der Waals surface area contributed by atoms with Crippen LogP contribution in [-0.2, 0) is 11.2 Å². The summed E-state index contributed by atoms with van der Waals surface area (Å²) >= 11 is 3.36. The molecule has 0 saturated heterocycles. The maximum absolute atomic E-state index is 12.8. The van der Waals surface area contributed by atoms with E-state index in [0.29, 0.717) is 28.0 Å². The maximum atomic E-state index is 12.8. The SMILES string of the molecule is Cc1cc(NC(=O)C(Cc2ccccc2)NC(=O)c2ccccc2Br)no1. The van der Waals surface area contributed by atoms with Crippen LogP contribution in [0, 0.1) is 6.92 Å². The lowest BCUT2D eigenvalue weighted by atomic mass is 10.0. The van der Waals surface area contributed by atoms with E-state index in [9.17, 15) is 9.59 Å². The van der Waals surface area contributed by atoms with Gasteiger partial charge in [0.1, 0.15) is 11.8 Å². The second-order valence-electron chi connectivity index (χ2n) is 6.01. The normalized spacial score (nSPS) is 11.6. The van der Waals surface area contributed by atoms with Crippen molar-refractivity contribution in [3.8, 4) is 0 Å². The Hall–Kier alpha value is -2.93. The van der Waals surface area contributed by atoms with Crippen molar-refractivity contribution in [3.63, 3.8) is 0 Å². The quantitative estimate of drug-likeness (QED) is 0.627. The minimum Gasteiger partial charge on any atom is -0.360 e. The van der Waals surface area contributed by atoms with Gasteiger partial charge in [0.05, 0.1) is 5.56 Å². The molecule has 7 heteroatoms. The number of amides is 2. The van der Waals surface area contributed by atoms with Gasteiger partial charge in [-0.2, -0.15) is 0 Å². The Morgan fingerprint density at radius 2 is 1.81 bits per heavy atom. The summed E-state index contributed by atoms with van der Waals surface area (Å²) in [6.07, 6.45) is 0.347. The molecule has 2 amide bonds. The highest BCUT2D eigenvalue weighted by atomic mass is 79.9. The smallest absolute Gasteiger partial charge is 0.253 e. The highest BCUT2D eigenvalue weighted by Crippen LogP contribution is 2.16. The number of rotatable bonds is 6. The Morgan fingerprint density at radius 3 is 2.48 bits per heavy atom. The fourth-order valence-electron chi connectivity index (χ4n) is 2.58. The fourth-order valence-corrected chi connectivity index (χ4v) is 3.04. The molecule has 27 heavy (non-hydrogen) atoms. The minimum atomic E-state index is -0.774. The van der Waals surface area contributed by atoms with Gasteiger partial charge in [-0.25, -0.2) is 0 Å². The van der Waals surface area contributed by atoms with Crippen LogP contribution in [0.5, 0.6) is 0 Å². The van der Waals surface area contributed by atoms with Gasteiger partial charge in [-0.05, 0) is 40.5 Å². The summed E-state index contributed by atoms with van der Waals surface area (Å²) in [5, 5.41) is 9.26. The Balaban J connectivity index is 1.79. The third-order valence-electron chi connectivity index (χ3n) is 3.90. The molecule has 0 fully saturated rings. The lowest BCUT2D eigenvalue weighted by molar-refractivity contribution is -0.118. The number of aryl methyl sites for hydroxylation is 1. The van der Waals surface area contributed by atoms with E-state index >= 15 is 0 Å². The van der Waals surface area contributed by atoms with Crippen LogP contribution in [0.2, 0.25) is 0 Å². The summed E-state index contributed by atoms with van der Waals surface area (Å²) in [7, 11) is 0. The van der Waals surface area contributed by atoms with Crippen molar-refractivity contribution in [2.24, 2.45) is 0 Å². The molecule has 0 saturated carbocycles. The molecule has 3 aromatic rings. The van der Waals surface area contributed by atoms with E-state index < -0.39 is 6.04 Å². The number of hydrogen-bond donors (Lipinski definition) is 2. The highest BCUT2D eigenvalue weighted by Gasteiger charge is 2.23. The molecule has 1 atom stereocenters. The number of carbonyl (C=O) groups excluding carboxylic acids is 2. The average molecular weight is 428 g/mol. The molecule has 2 aromatic carbocycles. The van der Waals surface area contributed by atoms with Crippen LogP contribution in [0.15, 0.2) is 69.7 Å². The number of halogens is 1. The first-order chi connectivity index (χ1) is 13.0. The van der Waals surface area contributed by atoms with E-state index in [4.69, 9.17) is 4.52 Å². The molecule has 0 aliphatic rings. The van der Waals surface area contributed by atoms with E-state index in [-0.39, 0.29) is 11.8 Å². The predicted octanol–water partition coefficient (Wildman–Crippen LogP) is 3.73. The molecule has 0 spiro atoms. The van der Waals surface area contributed by atoms with Gasteiger partial charge in [0.15, 0.2) is 5.82 Å². The molecule has 0 aliphatic carbocycles. The Kier molecular flexibility index (Phi) is 6.03. The van der Waals surface area contributed by atoms with Crippen LogP contribution < -0.4 is 10.6 Å². The number of benzene rings is 2. The number of hydrogen-bond acceptors (Lipinski definition) is 4. The zero-order valence-electron chi connectivity index (χ0n) is 14.6. The van der Waals surface area contributed by atoms with Crippen molar-refractivity contribution < 1.29 is 14.1 Å². The van der Waals surface area contributed by atoms with E-state index in [0.717, 1.165) is 5.56 Å². The molecular weight excluding hydrogens is 410 g/mol. The summed E-state index contributed by atoms with van der Waals surface area (Å²) in [6, 6.07) is 17.4. The lowest BCUT2D eigenvalue weighted by Crippen LogP contribution is -2.45. The van der Waals surface area contributed by atoms with Crippen LogP contribution in [0.25, 0.3) is 0 Å².